The Hall–Kier alpha value is -0.840. The van der Waals surface area contributed by atoms with Crippen molar-refractivity contribution in [2.75, 3.05) is 13.2 Å². The van der Waals surface area contributed by atoms with Crippen molar-refractivity contribution < 1.29 is 14.3 Å². The van der Waals surface area contributed by atoms with Crippen LogP contribution in [-0.2, 0) is 14.3 Å². The van der Waals surface area contributed by atoms with E-state index < -0.39 is 0 Å². The van der Waals surface area contributed by atoms with Crippen LogP contribution in [0.5, 0.6) is 0 Å². The van der Waals surface area contributed by atoms with Gasteiger partial charge in [0.2, 0.25) is 0 Å². The molecule has 0 aromatic carbocycles. The third-order valence-electron chi connectivity index (χ3n) is 2.91. The van der Waals surface area contributed by atoms with Gasteiger partial charge in [0.25, 0.3) is 0 Å². The van der Waals surface area contributed by atoms with Crippen LogP contribution in [-0.4, -0.2) is 25.5 Å². The Kier molecular flexibility index (Phi) is 2.48. The second-order valence-electron chi connectivity index (χ2n) is 4.06. The van der Waals surface area contributed by atoms with Gasteiger partial charge < -0.3 is 14.3 Å². The minimum atomic E-state index is 0.103. The molecule has 2 unspecified atom stereocenters. The van der Waals surface area contributed by atoms with Gasteiger partial charge in [-0.05, 0) is 18.1 Å². The van der Waals surface area contributed by atoms with E-state index in [9.17, 15) is 0 Å². The van der Waals surface area contributed by atoms with E-state index in [4.69, 9.17) is 14.3 Å². The van der Waals surface area contributed by atoms with Crippen LogP contribution in [0.2, 0.25) is 0 Å². The molecular formula is C11H15NO3. The number of epoxide rings is 1. The van der Waals surface area contributed by atoms with Crippen LogP contribution in [0.15, 0.2) is 23.5 Å². The zero-order valence-electron chi connectivity index (χ0n) is 8.57. The predicted octanol–water partition coefficient (Wildman–Crippen LogP) is 1.26. The average Bonchev–Trinajstić information content (AvgIpc) is 2.98. The molecule has 2 heterocycles. The Morgan fingerprint density at radius 1 is 1.27 bits per heavy atom. The molecule has 1 aliphatic carbocycles. The van der Waals surface area contributed by atoms with Gasteiger partial charge in [0, 0.05) is 12.8 Å². The molecule has 2 aliphatic heterocycles. The SMILES string of the molecule is C1=C(ONC2CO2)CCC(C2CCO2)=C1. The summed E-state index contributed by atoms with van der Waals surface area (Å²) in [5.74, 6) is 0.980. The fourth-order valence-electron chi connectivity index (χ4n) is 1.77. The molecule has 3 aliphatic rings. The highest BCUT2D eigenvalue weighted by atomic mass is 16.7. The van der Waals surface area contributed by atoms with E-state index >= 15 is 0 Å². The Bertz CT molecular complexity index is 303. The summed E-state index contributed by atoms with van der Waals surface area (Å²) >= 11 is 0. The second-order valence-corrected chi connectivity index (χ2v) is 4.06. The molecule has 15 heavy (non-hydrogen) atoms. The van der Waals surface area contributed by atoms with E-state index in [0.717, 1.165) is 31.8 Å². The first kappa shape index (κ1) is 9.39. The van der Waals surface area contributed by atoms with Gasteiger partial charge >= 0.3 is 0 Å². The van der Waals surface area contributed by atoms with Gasteiger partial charge in [-0.25, -0.2) is 0 Å². The smallest absolute Gasteiger partial charge is 0.163 e. The van der Waals surface area contributed by atoms with Crippen molar-refractivity contribution in [3.05, 3.63) is 23.5 Å². The third kappa shape index (κ3) is 2.22. The van der Waals surface area contributed by atoms with E-state index in [0.29, 0.717) is 6.10 Å². The first-order valence-corrected chi connectivity index (χ1v) is 5.47. The molecule has 4 nitrogen and oxygen atoms in total. The van der Waals surface area contributed by atoms with Gasteiger partial charge in [-0.3, -0.25) is 0 Å². The Morgan fingerprint density at radius 2 is 2.13 bits per heavy atom. The third-order valence-corrected chi connectivity index (χ3v) is 2.91. The number of allylic oxidation sites excluding steroid dienone is 3. The molecule has 0 aromatic heterocycles. The van der Waals surface area contributed by atoms with Gasteiger partial charge in [-0.1, -0.05) is 6.08 Å². The molecule has 0 saturated carbocycles. The summed E-state index contributed by atoms with van der Waals surface area (Å²) < 4.78 is 10.4. The summed E-state index contributed by atoms with van der Waals surface area (Å²) in [6, 6.07) is 0. The van der Waals surface area contributed by atoms with Crippen molar-refractivity contribution >= 4 is 0 Å². The van der Waals surface area contributed by atoms with Crippen molar-refractivity contribution in [1.82, 2.24) is 5.48 Å². The molecule has 0 radical (unpaired) electrons. The maximum absolute atomic E-state index is 5.44. The van der Waals surface area contributed by atoms with E-state index in [-0.39, 0.29) is 6.23 Å². The molecule has 4 heteroatoms. The van der Waals surface area contributed by atoms with Crippen LogP contribution >= 0.6 is 0 Å². The summed E-state index contributed by atoms with van der Waals surface area (Å²) in [5.41, 5.74) is 4.25. The molecule has 0 aromatic rings. The highest BCUT2D eigenvalue weighted by molar-refractivity contribution is 5.24. The molecule has 2 atom stereocenters. The van der Waals surface area contributed by atoms with Crippen LogP contribution in [0.1, 0.15) is 19.3 Å². The lowest BCUT2D eigenvalue weighted by Gasteiger charge is -2.30. The number of hydrogen-bond donors (Lipinski definition) is 1. The van der Waals surface area contributed by atoms with Crippen LogP contribution in [0.3, 0.4) is 0 Å². The van der Waals surface area contributed by atoms with Gasteiger partial charge in [-0.15, -0.1) is 5.48 Å². The van der Waals surface area contributed by atoms with Gasteiger partial charge in [-0.2, -0.15) is 0 Å². The van der Waals surface area contributed by atoms with Crippen LogP contribution in [0.25, 0.3) is 0 Å². The number of hydrogen-bond acceptors (Lipinski definition) is 4. The first-order chi connectivity index (χ1) is 7.42. The normalized spacial score (nSPS) is 33.9. The average molecular weight is 209 g/mol. The minimum Gasteiger partial charge on any atom is -0.411 e. The zero-order valence-corrected chi connectivity index (χ0v) is 8.57. The standard InChI is InChI=1S/C11H15NO3/c1-3-9(15-12-11-7-14-11)4-2-8(1)10-5-6-13-10/h1,3,10-12H,2,4-7H2. The quantitative estimate of drug-likeness (QED) is 0.559. The maximum Gasteiger partial charge on any atom is 0.163 e. The molecule has 3 rings (SSSR count). The first-order valence-electron chi connectivity index (χ1n) is 5.47. The molecule has 1 N–H and O–H groups in total. The Balaban J connectivity index is 1.52. The van der Waals surface area contributed by atoms with Crippen LogP contribution in [0.4, 0.5) is 0 Å². The van der Waals surface area contributed by atoms with E-state index in [1.54, 1.807) is 0 Å². The number of ether oxygens (including phenoxy) is 2. The lowest BCUT2D eigenvalue weighted by atomic mass is 9.95. The number of rotatable bonds is 4. The summed E-state index contributed by atoms with van der Waals surface area (Å²) in [6.45, 7) is 1.67. The van der Waals surface area contributed by atoms with Crippen molar-refractivity contribution in [2.24, 2.45) is 0 Å². The topological polar surface area (TPSA) is 43.0 Å². The summed E-state index contributed by atoms with van der Waals surface area (Å²) in [6.07, 6.45) is 7.79. The van der Waals surface area contributed by atoms with Crippen molar-refractivity contribution in [3.63, 3.8) is 0 Å². The predicted molar refractivity (Wildman–Crippen MR) is 53.7 cm³/mol. The van der Waals surface area contributed by atoms with E-state index in [2.05, 4.69) is 11.6 Å². The highest BCUT2D eigenvalue weighted by Crippen LogP contribution is 2.28. The van der Waals surface area contributed by atoms with Crippen molar-refractivity contribution in [3.8, 4) is 0 Å². The van der Waals surface area contributed by atoms with E-state index in [1.807, 2.05) is 6.08 Å². The van der Waals surface area contributed by atoms with Gasteiger partial charge in [0.05, 0.1) is 19.3 Å². The summed E-state index contributed by atoms with van der Waals surface area (Å²) in [4.78, 5) is 5.39. The van der Waals surface area contributed by atoms with Crippen molar-refractivity contribution in [2.45, 2.75) is 31.6 Å². The lowest BCUT2D eigenvalue weighted by Crippen LogP contribution is -2.29. The van der Waals surface area contributed by atoms with Gasteiger partial charge in [0.15, 0.2) is 6.23 Å². The molecule has 2 fully saturated rings. The minimum absolute atomic E-state index is 0.103. The van der Waals surface area contributed by atoms with Crippen LogP contribution in [0, 0.1) is 0 Å². The summed E-state index contributed by atoms with van der Waals surface area (Å²) in [7, 11) is 0. The number of hydroxylamine groups is 1. The van der Waals surface area contributed by atoms with Gasteiger partial charge in [0.1, 0.15) is 5.76 Å². The van der Waals surface area contributed by atoms with Crippen molar-refractivity contribution in [1.29, 1.82) is 0 Å². The van der Waals surface area contributed by atoms with E-state index in [1.165, 1.54) is 12.0 Å². The second kappa shape index (κ2) is 3.96. The molecular weight excluding hydrogens is 194 g/mol. The molecule has 82 valence electrons. The summed E-state index contributed by atoms with van der Waals surface area (Å²) in [5, 5.41) is 0. The molecule has 0 bridgehead atoms. The number of nitrogens with one attached hydrogen (secondary N) is 1. The largest absolute Gasteiger partial charge is 0.411 e. The molecule has 0 amide bonds. The Morgan fingerprint density at radius 3 is 2.67 bits per heavy atom. The lowest BCUT2D eigenvalue weighted by molar-refractivity contribution is -0.0286. The van der Waals surface area contributed by atoms with Crippen LogP contribution < -0.4 is 5.48 Å². The molecule has 0 spiro atoms. The fraction of sp³-hybridized carbons (Fsp3) is 0.636. The zero-order chi connectivity index (χ0) is 10.1. The monoisotopic (exact) mass is 209 g/mol. The fourth-order valence-corrected chi connectivity index (χ4v) is 1.77. The Labute approximate surface area is 88.8 Å². The molecule has 2 saturated heterocycles. The highest BCUT2D eigenvalue weighted by Gasteiger charge is 2.25. The maximum atomic E-state index is 5.44.